The van der Waals surface area contributed by atoms with Crippen molar-refractivity contribution in [2.45, 2.75) is 94.8 Å². The lowest BCUT2D eigenvalue weighted by Crippen LogP contribution is -2.64. The van der Waals surface area contributed by atoms with Crippen LogP contribution in [0.5, 0.6) is 0 Å². The van der Waals surface area contributed by atoms with Gasteiger partial charge in [0.15, 0.2) is 6.29 Å². The van der Waals surface area contributed by atoms with E-state index in [0.29, 0.717) is 12.8 Å². The Hall–Kier alpha value is -0.400. The van der Waals surface area contributed by atoms with Crippen molar-refractivity contribution in [2.24, 2.45) is 5.41 Å². The fourth-order valence-corrected chi connectivity index (χ4v) is 3.47. The standard InChI is InChI=1S/C18H34O10/c1-18(2,3)5-4-8-12(22)16(13(23)10(7-20)26-8)28-17-15(25)14(24)11(21)9(6-19)27-17/h8-17,19-25H,4-7H2,1-3H3/t8-,9?,10?,11-,12+,13-,14?,15-,16?,17+/m0/s1. The molecule has 2 fully saturated rings. The molecule has 10 heteroatoms. The lowest BCUT2D eigenvalue weighted by molar-refractivity contribution is -0.342. The smallest absolute Gasteiger partial charge is 0.187 e. The highest BCUT2D eigenvalue weighted by Crippen LogP contribution is 2.32. The lowest BCUT2D eigenvalue weighted by atomic mass is 9.85. The van der Waals surface area contributed by atoms with Crippen LogP contribution in [0.1, 0.15) is 33.6 Å². The number of hydrogen-bond acceptors (Lipinski definition) is 10. The molecule has 0 saturated carbocycles. The first-order valence-corrected chi connectivity index (χ1v) is 9.58. The second-order valence-electron chi connectivity index (χ2n) is 8.77. The second-order valence-corrected chi connectivity index (χ2v) is 8.77. The minimum atomic E-state index is -1.67. The Morgan fingerprint density at radius 2 is 1.25 bits per heavy atom. The maximum absolute atomic E-state index is 10.7. The molecule has 2 rings (SSSR count). The highest BCUT2D eigenvalue weighted by molar-refractivity contribution is 4.96. The number of aliphatic hydroxyl groups excluding tert-OH is 7. The molecule has 0 spiro atoms. The van der Waals surface area contributed by atoms with Gasteiger partial charge in [0.25, 0.3) is 0 Å². The van der Waals surface area contributed by atoms with E-state index < -0.39 is 74.4 Å². The SMILES string of the molecule is CC(C)(C)CC[C@@H]1OC(CO)[C@H](O)C(O[C@H]2OC(CO)[C@H](O)C(O)[C@@H]2O)[C@@H]1O. The third-order valence-electron chi connectivity index (χ3n) is 5.28. The highest BCUT2D eigenvalue weighted by atomic mass is 16.7. The van der Waals surface area contributed by atoms with Crippen LogP contribution in [-0.4, -0.2) is 110 Å². The van der Waals surface area contributed by atoms with Gasteiger partial charge in [-0.05, 0) is 18.3 Å². The summed E-state index contributed by atoms with van der Waals surface area (Å²) >= 11 is 0. The molecule has 166 valence electrons. The Kier molecular flexibility index (Phi) is 8.19. The number of hydrogen-bond donors (Lipinski definition) is 7. The van der Waals surface area contributed by atoms with Crippen molar-refractivity contribution in [1.82, 2.24) is 0 Å². The van der Waals surface area contributed by atoms with Crippen LogP contribution in [0.4, 0.5) is 0 Å². The molecule has 0 radical (unpaired) electrons. The van der Waals surface area contributed by atoms with Crippen molar-refractivity contribution in [1.29, 1.82) is 0 Å². The summed E-state index contributed by atoms with van der Waals surface area (Å²) in [7, 11) is 0. The molecule has 2 heterocycles. The summed E-state index contributed by atoms with van der Waals surface area (Å²) in [6.45, 7) is 4.96. The summed E-state index contributed by atoms with van der Waals surface area (Å²) in [4.78, 5) is 0. The first kappa shape index (κ1) is 23.9. The van der Waals surface area contributed by atoms with E-state index in [1.165, 1.54) is 0 Å². The fraction of sp³-hybridized carbons (Fsp3) is 1.00. The maximum atomic E-state index is 10.7. The van der Waals surface area contributed by atoms with E-state index in [-0.39, 0.29) is 5.41 Å². The average molecular weight is 410 g/mol. The van der Waals surface area contributed by atoms with Crippen LogP contribution >= 0.6 is 0 Å². The minimum Gasteiger partial charge on any atom is -0.394 e. The lowest BCUT2D eigenvalue weighted by Gasteiger charge is -2.46. The molecule has 2 aliphatic rings. The van der Waals surface area contributed by atoms with Gasteiger partial charge in [-0.25, -0.2) is 0 Å². The van der Waals surface area contributed by atoms with Crippen molar-refractivity contribution in [3.63, 3.8) is 0 Å². The Bertz CT molecular complexity index is 481. The van der Waals surface area contributed by atoms with Gasteiger partial charge >= 0.3 is 0 Å². The van der Waals surface area contributed by atoms with E-state index in [4.69, 9.17) is 14.2 Å². The Balaban J connectivity index is 2.14. The predicted octanol–water partition coefficient (Wildman–Crippen LogP) is -2.52. The molecular weight excluding hydrogens is 376 g/mol. The van der Waals surface area contributed by atoms with Crippen LogP contribution in [-0.2, 0) is 14.2 Å². The molecule has 7 N–H and O–H groups in total. The van der Waals surface area contributed by atoms with Crippen molar-refractivity contribution in [3.05, 3.63) is 0 Å². The Morgan fingerprint density at radius 1 is 0.714 bits per heavy atom. The van der Waals surface area contributed by atoms with E-state index in [0.717, 1.165) is 0 Å². The summed E-state index contributed by atoms with van der Waals surface area (Å²) in [5, 5.41) is 69.8. The molecule has 0 amide bonds. The van der Waals surface area contributed by atoms with Gasteiger partial charge in [-0.15, -0.1) is 0 Å². The van der Waals surface area contributed by atoms with Crippen molar-refractivity contribution < 1.29 is 50.0 Å². The van der Waals surface area contributed by atoms with Gasteiger partial charge in [0.1, 0.15) is 48.8 Å². The van der Waals surface area contributed by atoms with Crippen LogP contribution in [0.15, 0.2) is 0 Å². The summed E-state index contributed by atoms with van der Waals surface area (Å²) in [5.74, 6) is 0. The van der Waals surface area contributed by atoms with Crippen molar-refractivity contribution in [3.8, 4) is 0 Å². The summed E-state index contributed by atoms with van der Waals surface area (Å²) in [6, 6.07) is 0. The van der Waals surface area contributed by atoms with Crippen molar-refractivity contribution >= 4 is 0 Å². The molecule has 0 aromatic carbocycles. The first-order chi connectivity index (χ1) is 13.0. The van der Waals surface area contributed by atoms with Crippen LogP contribution < -0.4 is 0 Å². The zero-order chi connectivity index (χ0) is 21.2. The van der Waals surface area contributed by atoms with Gasteiger partial charge in [0.2, 0.25) is 0 Å². The minimum absolute atomic E-state index is 0.0263. The number of ether oxygens (including phenoxy) is 3. The van der Waals surface area contributed by atoms with Gasteiger partial charge < -0.3 is 50.0 Å². The molecule has 2 saturated heterocycles. The Labute approximate surface area is 164 Å². The van der Waals surface area contributed by atoms with E-state index in [9.17, 15) is 35.7 Å². The Morgan fingerprint density at radius 3 is 1.79 bits per heavy atom. The summed E-state index contributed by atoms with van der Waals surface area (Å²) < 4.78 is 16.5. The normalized spacial score (nSPS) is 45.2. The summed E-state index contributed by atoms with van der Waals surface area (Å²) in [5.41, 5.74) is -0.0263. The monoisotopic (exact) mass is 410 g/mol. The third kappa shape index (κ3) is 5.39. The van der Waals surface area contributed by atoms with Gasteiger partial charge in [-0.2, -0.15) is 0 Å². The van der Waals surface area contributed by atoms with Crippen LogP contribution in [0.2, 0.25) is 0 Å². The number of rotatable bonds is 6. The van der Waals surface area contributed by atoms with Gasteiger partial charge in [0, 0.05) is 0 Å². The average Bonchev–Trinajstić information content (AvgIpc) is 2.63. The zero-order valence-electron chi connectivity index (χ0n) is 16.5. The molecule has 10 nitrogen and oxygen atoms in total. The first-order valence-electron chi connectivity index (χ1n) is 9.58. The van der Waals surface area contributed by atoms with Gasteiger partial charge in [-0.3, -0.25) is 0 Å². The molecule has 2 aliphatic heterocycles. The van der Waals surface area contributed by atoms with E-state index in [1.54, 1.807) is 0 Å². The van der Waals surface area contributed by atoms with Crippen LogP contribution in [0.25, 0.3) is 0 Å². The van der Waals surface area contributed by atoms with Gasteiger partial charge in [-0.1, -0.05) is 20.8 Å². The van der Waals surface area contributed by atoms with E-state index >= 15 is 0 Å². The highest BCUT2D eigenvalue weighted by Gasteiger charge is 2.50. The van der Waals surface area contributed by atoms with Crippen LogP contribution in [0.3, 0.4) is 0 Å². The summed E-state index contributed by atoms with van der Waals surface area (Å²) in [6.07, 6.45) is -12.1. The van der Waals surface area contributed by atoms with E-state index in [1.807, 2.05) is 20.8 Å². The largest absolute Gasteiger partial charge is 0.394 e. The zero-order valence-corrected chi connectivity index (χ0v) is 16.5. The van der Waals surface area contributed by atoms with Crippen molar-refractivity contribution in [2.75, 3.05) is 13.2 Å². The number of aliphatic hydroxyl groups is 7. The van der Waals surface area contributed by atoms with Crippen LogP contribution in [0, 0.1) is 5.41 Å². The molecule has 4 unspecified atom stereocenters. The molecular formula is C18H34O10. The molecule has 0 aromatic heterocycles. The maximum Gasteiger partial charge on any atom is 0.187 e. The third-order valence-corrected chi connectivity index (χ3v) is 5.28. The topological polar surface area (TPSA) is 169 Å². The fourth-order valence-electron chi connectivity index (χ4n) is 3.47. The van der Waals surface area contributed by atoms with E-state index in [2.05, 4.69) is 0 Å². The molecule has 10 atom stereocenters. The molecule has 0 bridgehead atoms. The molecule has 0 aliphatic carbocycles. The second kappa shape index (κ2) is 9.61. The molecule has 0 aromatic rings. The predicted molar refractivity (Wildman–Crippen MR) is 95.1 cm³/mol. The van der Waals surface area contributed by atoms with Gasteiger partial charge in [0.05, 0.1) is 19.3 Å². The molecule has 28 heavy (non-hydrogen) atoms. The quantitative estimate of drug-likeness (QED) is 0.248.